The number of nitrogens with zero attached hydrogens (tertiary/aromatic N) is 4. The quantitative estimate of drug-likeness (QED) is 0.710. The molecule has 0 aromatic heterocycles. The van der Waals surface area contributed by atoms with Gasteiger partial charge in [-0.3, -0.25) is 14.5 Å². The van der Waals surface area contributed by atoms with E-state index in [1.165, 1.54) is 0 Å². The van der Waals surface area contributed by atoms with Crippen molar-refractivity contribution < 1.29 is 9.59 Å². The Morgan fingerprint density at radius 3 is 2.30 bits per heavy atom. The number of hydrogen-bond donors (Lipinski definition) is 1. The first-order valence-electron chi connectivity index (χ1n) is 11.2. The molecule has 1 aromatic carbocycles. The SMILES string of the molecule is CCCN(CCC)CC(=O)N1CCN(c2ccc(C3=NNC(=O)CC3C)cc2)CC1. The summed E-state index contributed by atoms with van der Waals surface area (Å²) in [6, 6.07) is 8.38. The van der Waals surface area contributed by atoms with E-state index in [-0.39, 0.29) is 17.7 Å². The highest BCUT2D eigenvalue weighted by Crippen LogP contribution is 2.21. The van der Waals surface area contributed by atoms with E-state index in [1.54, 1.807) is 0 Å². The summed E-state index contributed by atoms with van der Waals surface area (Å²) in [6.45, 7) is 12.1. The summed E-state index contributed by atoms with van der Waals surface area (Å²) >= 11 is 0. The summed E-state index contributed by atoms with van der Waals surface area (Å²) < 4.78 is 0. The summed E-state index contributed by atoms with van der Waals surface area (Å²) in [5, 5.41) is 4.24. The lowest BCUT2D eigenvalue weighted by Crippen LogP contribution is -2.51. The van der Waals surface area contributed by atoms with Crippen LogP contribution in [0.4, 0.5) is 5.69 Å². The Balaban J connectivity index is 1.53. The van der Waals surface area contributed by atoms with Gasteiger partial charge < -0.3 is 9.80 Å². The molecule has 0 saturated carbocycles. The van der Waals surface area contributed by atoms with Gasteiger partial charge in [0.05, 0.1) is 12.3 Å². The molecule has 0 aliphatic carbocycles. The van der Waals surface area contributed by atoms with Crippen molar-refractivity contribution in [3.05, 3.63) is 29.8 Å². The number of hydrazone groups is 1. The molecular weight excluding hydrogens is 378 g/mol. The van der Waals surface area contributed by atoms with Crippen LogP contribution >= 0.6 is 0 Å². The van der Waals surface area contributed by atoms with Crippen molar-refractivity contribution in [2.24, 2.45) is 11.0 Å². The molecule has 1 atom stereocenters. The lowest BCUT2D eigenvalue weighted by molar-refractivity contribution is -0.132. The molecule has 2 aliphatic rings. The second-order valence-electron chi connectivity index (χ2n) is 8.33. The van der Waals surface area contributed by atoms with Crippen molar-refractivity contribution in [3.8, 4) is 0 Å². The van der Waals surface area contributed by atoms with E-state index in [0.717, 1.165) is 69.1 Å². The summed E-state index contributed by atoms with van der Waals surface area (Å²) in [7, 11) is 0. The summed E-state index contributed by atoms with van der Waals surface area (Å²) in [6.07, 6.45) is 2.63. The minimum atomic E-state index is -0.0252. The first-order chi connectivity index (χ1) is 14.5. The number of amides is 2. The second kappa shape index (κ2) is 10.6. The van der Waals surface area contributed by atoms with Crippen LogP contribution in [-0.2, 0) is 9.59 Å². The van der Waals surface area contributed by atoms with Crippen molar-refractivity contribution in [3.63, 3.8) is 0 Å². The predicted octanol–water partition coefficient (Wildman–Crippen LogP) is 2.32. The molecule has 0 spiro atoms. The summed E-state index contributed by atoms with van der Waals surface area (Å²) in [5.41, 5.74) is 5.72. The number of carbonyl (C=O) groups excluding carboxylic acids is 2. The first-order valence-corrected chi connectivity index (χ1v) is 11.2. The van der Waals surface area contributed by atoms with Crippen molar-refractivity contribution in [2.45, 2.75) is 40.0 Å². The maximum absolute atomic E-state index is 12.7. The number of carbonyl (C=O) groups is 2. The van der Waals surface area contributed by atoms with Crippen LogP contribution in [0, 0.1) is 5.92 Å². The van der Waals surface area contributed by atoms with Gasteiger partial charge in [0.25, 0.3) is 0 Å². The van der Waals surface area contributed by atoms with Gasteiger partial charge in [0.2, 0.25) is 11.8 Å². The Kier molecular flexibility index (Phi) is 7.85. The second-order valence-corrected chi connectivity index (χ2v) is 8.33. The number of rotatable bonds is 8. The molecule has 3 rings (SSSR count). The average molecular weight is 414 g/mol. The van der Waals surface area contributed by atoms with Crippen LogP contribution in [0.3, 0.4) is 0 Å². The molecule has 2 heterocycles. The number of hydrogen-bond acceptors (Lipinski definition) is 5. The molecular formula is C23H35N5O2. The van der Waals surface area contributed by atoms with E-state index < -0.39 is 0 Å². The van der Waals surface area contributed by atoms with Crippen molar-refractivity contribution in [1.82, 2.24) is 15.2 Å². The molecule has 0 bridgehead atoms. The molecule has 164 valence electrons. The Morgan fingerprint density at radius 1 is 1.10 bits per heavy atom. The number of anilines is 1. The van der Waals surface area contributed by atoms with E-state index in [0.29, 0.717) is 13.0 Å². The highest BCUT2D eigenvalue weighted by atomic mass is 16.2. The lowest BCUT2D eigenvalue weighted by Gasteiger charge is -2.37. The fourth-order valence-electron chi connectivity index (χ4n) is 4.25. The minimum Gasteiger partial charge on any atom is -0.368 e. The maximum atomic E-state index is 12.7. The van der Waals surface area contributed by atoms with Crippen LogP contribution in [0.15, 0.2) is 29.4 Å². The smallest absolute Gasteiger partial charge is 0.240 e. The standard InChI is InChI=1S/C23H35N5O2/c1-4-10-26(11-5-2)17-22(30)28-14-12-27(13-15-28)20-8-6-19(7-9-20)23-18(3)16-21(29)24-25-23/h6-9,18H,4-5,10-17H2,1-3H3,(H,24,29). The maximum Gasteiger partial charge on any atom is 0.240 e. The van der Waals surface area contributed by atoms with E-state index in [1.807, 2.05) is 11.8 Å². The fourth-order valence-corrected chi connectivity index (χ4v) is 4.25. The van der Waals surface area contributed by atoms with Gasteiger partial charge in [-0.05, 0) is 43.6 Å². The fraction of sp³-hybridized carbons (Fsp3) is 0.609. The molecule has 2 aliphatic heterocycles. The van der Waals surface area contributed by atoms with E-state index >= 15 is 0 Å². The topological polar surface area (TPSA) is 68.2 Å². The van der Waals surface area contributed by atoms with Gasteiger partial charge in [0.1, 0.15) is 0 Å². The van der Waals surface area contributed by atoms with Crippen molar-refractivity contribution in [2.75, 3.05) is 50.7 Å². The molecule has 1 N–H and O–H groups in total. The monoisotopic (exact) mass is 413 g/mol. The Labute approximate surface area is 180 Å². The molecule has 0 radical (unpaired) electrons. The molecule has 1 fully saturated rings. The minimum absolute atomic E-state index is 0.0252. The third-order valence-corrected chi connectivity index (χ3v) is 5.86. The molecule has 1 saturated heterocycles. The summed E-state index contributed by atoms with van der Waals surface area (Å²) in [5.74, 6) is 0.347. The van der Waals surface area contributed by atoms with Gasteiger partial charge in [-0.2, -0.15) is 5.10 Å². The van der Waals surface area contributed by atoms with Gasteiger partial charge in [-0.25, -0.2) is 5.43 Å². The van der Waals surface area contributed by atoms with Gasteiger partial charge in [0, 0.05) is 44.2 Å². The molecule has 7 nitrogen and oxygen atoms in total. The lowest BCUT2D eigenvalue weighted by atomic mass is 9.94. The van der Waals surface area contributed by atoms with Crippen LogP contribution in [0.5, 0.6) is 0 Å². The zero-order valence-electron chi connectivity index (χ0n) is 18.6. The van der Waals surface area contributed by atoms with Crippen molar-refractivity contribution >= 4 is 23.2 Å². The van der Waals surface area contributed by atoms with E-state index in [2.05, 4.69) is 58.4 Å². The molecule has 1 unspecified atom stereocenters. The van der Waals surface area contributed by atoms with Gasteiger partial charge >= 0.3 is 0 Å². The Morgan fingerprint density at radius 2 is 1.73 bits per heavy atom. The van der Waals surface area contributed by atoms with Crippen molar-refractivity contribution in [1.29, 1.82) is 0 Å². The number of benzene rings is 1. The normalized spacial score (nSPS) is 19.7. The van der Waals surface area contributed by atoms with Crippen LogP contribution in [0.1, 0.15) is 45.6 Å². The van der Waals surface area contributed by atoms with E-state index in [9.17, 15) is 9.59 Å². The Hall–Kier alpha value is -2.41. The summed E-state index contributed by atoms with van der Waals surface area (Å²) in [4.78, 5) is 30.8. The Bertz CT molecular complexity index is 747. The largest absolute Gasteiger partial charge is 0.368 e. The van der Waals surface area contributed by atoms with Gasteiger partial charge in [-0.1, -0.05) is 32.9 Å². The molecule has 30 heavy (non-hydrogen) atoms. The molecule has 1 aromatic rings. The highest BCUT2D eigenvalue weighted by Gasteiger charge is 2.24. The van der Waals surface area contributed by atoms with Crippen LogP contribution < -0.4 is 10.3 Å². The third-order valence-electron chi connectivity index (χ3n) is 5.86. The highest BCUT2D eigenvalue weighted by molar-refractivity contribution is 6.05. The van der Waals surface area contributed by atoms with E-state index in [4.69, 9.17) is 0 Å². The van der Waals surface area contributed by atoms with Gasteiger partial charge in [0.15, 0.2) is 0 Å². The molecule has 7 heteroatoms. The van der Waals surface area contributed by atoms with Crippen LogP contribution in [-0.4, -0.2) is 73.1 Å². The number of nitrogens with one attached hydrogen (secondary N) is 1. The average Bonchev–Trinajstić information content (AvgIpc) is 2.74. The molecule has 2 amide bonds. The zero-order chi connectivity index (χ0) is 21.5. The first kappa shape index (κ1) is 22.3. The zero-order valence-corrected chi connectivity index (χ0v) is 18.6. The van der Waals surface area contributed by atoms with Crippen LogP contribution in [0.2, 0.25) is 0 Å². The number of piperazine rings is 1. The third kappa shape index (κ3) is 5.59. The van der Waals surface area contributed by atoms with Gasteiger partial charge in [-0.15, -0.1) is 0 Å². The van der Waals surface area contributed by atoms with Crippen LogP contribution in [0.25, 0.3) is 0 Å². The predicted molar refractivity (Wildman–Crippen MR) is 121 cm³/mol.